The van der Waals surface area contributed by atoms with Gasteiger partial charge in [0.25, 0.3) is 0 Å². The topological polar surface area (TPSA) is 177 Å². The maximum atomic E-state index is 11.4. The van der Waals surface area contributed by atoms with Crippen LogP contribution in [0.2, 0.25) is 0 Å². The molecule has 1 aromatic rings. The number of aliphatic carboxylic acids is 1. The monoisotopic (exact) mass is 749 g/mol. The van der Waals surface area contributed by atoms with Crippen LogP contribution in [-0.4, -0.2) is 175 Å². The van der Waals surface area contributed by atoms with Crippen molar-refractivity contribution in [2.45, 2.75) is 25.9 Å². The first-order chi connectivity index (χ1) is 25.7. The van der Waals surface area contributed by atoms with E-state index in [0.717, 1.165) is 5.56 Å². The highest BCUT2D eigenvalue weighted by Gasteiger charge is 2.04. The van der Waals surface area contributed by atoms with Gasteiger partial charge in [-0.05, 0) is 12.0 Å². The summed E-state index contributed by atoms with van der Waals surface area (Å²) in [4.78, 5) is 21.8. The molecule has 1 rings (SSSR count). The lowest BCUT2D eigenvalue weighted by molar-refractivity contribution is -0.138. The highest BCUT2D eigenvalue weighted by atomic mass is 16.6. The molecule has 2 N–H and O–H groups in total. The summed E-state index contributed by atoms with van der Waals surface area (Å²) in [6.45, 7) is 12.4. The Morgan fingerprint density at radius 2 is 0.731 bits per heavy atom. The summed E-state index contributed by atoms with van der Waals surface area (Å²) in [6, 6.07) is 10.1. The summed E-state index contributed by atoms with van der Waals surface area (Å²) < 4.78 is 65.7. The van der Waals surface area contributed by atoms with Gasteiger partial charge in [-0.1, -0.05) is 30.3 Å². The van der Waals surface area contributed by atoms with Crippen molar-refractivity contribution in [1.82, 2.24) is 5.32 Å². The van der Waals surface area contributed by atoms with Gasteiger partial charge < -0.3 is 67.3 Å². The summed E-state index contributed by atoms with van der Waals surface area (Å²) in [7, 11) is 0. The lowest BCUT2D eigenvalue weighted by atomic mass is 10.2. The van der Waals surface area contributed by atoms with Crippen LogP contribution in [0.4, 0.5) is 0 Å². The third-order valence-electron chi connectivity index (χ3n) is 6.56. The Morgan fingerprint density at radius 1 is 0.423 bits per heavy atom. The van der Waals surface area contributed by atoms with E-state index in [0.29, 0.717) is 172 Å². The van der Waals surface area contributed by atoms with Gasteiger partial charge in [-0.25, -0.2) is 0 Å². The molecule has 0 saturated heterocycles. The van der Waals surface area contributed by atoms with Gasteiger partial charge >= 0.3 is 5.97 Å². The second-order valence-electron chi connectivity index (χ2n) is 10.9. The molecule has 0 fully saturated rings. The van der Waals surface area contributed by atoms with Gasteiger partial charge in [-0.2, -0.15) is 0 Å². The van der Waals surface area contributed by atoms with Crippen molar-refractivity contribution in [3.63, 3.8) is 0 Å². The van der Waals surface area contributed by atoms with E-state index in [2.05, 4.69) is 5.32 Å². The molecule has 1 aromatic carbocycles. The number of carboxylic acid groups (broad SMARTS) is 1. The Kier molecular flexibility index (Phi) is 36.6. The highest BCUT2D eigenvalue weighted by molar-refractivity contribution is 5.80. The smallest absolute Gasteiger partial charge is 0.303 e. The quantitative estimate of drug-likeness (QED) is 0.0924. The van der Waals surface area contributed by atoms with Crippen molar-refractivity contribution < 1.29 is 71.5 Å². The molecule has 16 nitrogen and oxygen atoms in total. The first kappa shape index (κ1) is 47.7. The molecule has 0 saturated carbocycles. The van der Waals surface area contributed by atoms with E-state index in [1.807, 2.05) is 30.3 Å². The molecule has 0 aliphatic carbocycles. The van der Waals surface area contributed by atoms with Crippen molar-refractivity contribution in [2.24, 2.45) is 0 Å². The summed E-state index contributed by atoms with van der Waals surface area (Å²) in [5.41, 5.74) is 1.15. The van der Waals surface area contributed by atoms with Crippen molar-refractivity contribution >= 4 is 11.9 Å². The van der Waals surface area contributed by atoms with E-state index in [-0.39, 0.29) is 18.7 Å². The first-order valence-corrected chi connectivity index (χ1v) is 18.1. The molecule has 0 aromatic heterocycles. The zero-order valence-electron chi connectivity index (χ0n) is 30.8. The fourth-order valence-corrected chi connectivity index (χ4v) is 3.89. The molecule has 1 amide bonds. The molecular weight excluding hydrogens is 686 g/mol. The third kappa shape index (κ3) is 37.4. The zero-order valence-corrected chi connectivity index (χ0v) is 30.8. The van der Waals surface area contributed by atoms with E-state index < -0.39 is 5.97 Å². The van der Waals surface area contributed by atoms with E-state index >= 15 is 0 Å². The van der Waals surface area contributed by atoms with E-state index in [1.54, 1.807) is 0 Å². The number of benzene rings is 1. The van der Waals surface area contributed by atoms with Crippen LogP contribution in [0, 0.1) is 0 Å². The Bertz CT molecular complexity index is 900. The fraction of sp³-hybridized carbons (Fsp3) is 0.778. The van der Waals surface area contributed by atoms with E-state index in [4.69, 9.17) is 61.9 Å². The standard InChI is InChI=1S/C36H63NO15/c38-35(7-8-36(39)40)37-9-4-10-41-11-12-42-13-14-43-15-16-44-17-18-45-19-20-46-21-22-47-23-24-48-25-26-49-27-28-50-29-30-51-31-32-52-33-34-5-2-1-3-6-34/h1-3,5-6H,4,7-33H2,(H,37,38)(H,39,40). The molecule has 0 bridgehead atoms. The van der Waals surface area contributed by atoms with Crippen LogP contribution >= 0.6 is 0 Å². The number of hydrogen-bond donors (Lipinski definition) is 2. The number of rotatable bonds is 42. The number of hydrogen-bond acceptors (Lipinski definition) is 14. The van der Waals surface area contributed by atoms with Gasteiger partial charge in [0.15, 0.2) is 0 Å². The maximum absolute atomic E-state index is 11.4. The fourth-order valence-electron chi connectivity index (χ4n) is 3.89. The minimum atomic E-state index is -0.983. The van der Waals surface area contributed by atoms with E-state index in [1.165, 1.54) is 0 Å². The Labute approximate surface area is 308 Å². The lowest BCUT2D eigenvalue weighted by Gasteiger charge is -2.09. The summed E-state index contributed by atoms with van der Waals surface area (Å²) >= 11 is 0. The van der Waals surface area contributed by atoms with Gasteiger partial charge in [0.1, 0.15) is 0 Å². The second kappa shape index (κ2) is 39.9. The molecule has 52 heavy (non-hydrogen) atoms. The second-order valence-corrected chi connectivity index (χ2v) is 10.9. The van der Waals surface area contributed by atoms with Crippen LogP contribution in [0.1, 0.15) is 24.8 Å². The van der Waals surface area contributed by atoms with Crippen molar-refractivity contribution in [3.05, 3.63) is 35.9 Å². The molecule has 0 spiro atoms. The maximum Gasteiger partial charge on any atom is 0.303 e. The van der Waals surface area contributed by atoms with Crippen molar-refractivity contribution in [2.75, 3.05) is 159 Å². The molecule has 0 aliphatic rings. The highest BCUT2D eigenvalue weighted by Crippen LogP contribution is 2.00. The van der Waals surface area contributed by atoms with Crippen LogP contribution in [0.5, 0.6) is 0 Å². The molecule has 302 valence electrons. The molecule has 0 radical (unpaired) electrons. The lowest BCUT2D eigenvalue weighted by Crippen LogP contribution is -2.25. The Morgan fingerprint density at radius 3 is 1.06 bits per heavy atom. The minimum Gasteiger partial charge on any atom is -0.481 e. The number of ether oxygens (including phenoxy) is 12. The average Bonchev–Trinajstić information content (AvgIpc) is 3.15. The van der Waals surface area contributed by atoms with Crippen LogP contribution in [-0.2, 0) is 73.0 Å². The molecule has 0 aliphatic heterocycles. The largest absolute Gasteiger partial charge is 0.481 e. The minimum absolute atomic E-state index is 0.0112. The molecule has 0 atom stereocenters. The summed E-state index contributed by atoms with van der Waals surface area (Å²) in [5.74, 6) is -1.25. The molecular formula is C36H63NO15. The zero-order chi connectivity index (χ0) is 37.3. The average molecular weight is 750 g/mol. The van der Waals surface area contributed by atoms with E-state index in [9.17, 15) is 9.59 Å². The number of amides is 1. The van der Waals surface area contributed by atoms with Gasteiger partial charge in [0, 0.05) is 19.6 Å². The summed E-state index contributed by atoms with van der Waals surface area (Å²) in [5, 5.41) is 11.2. The molecule has 0 unspecified atom stereocenters. The number of nitrogens with one attached hydrogen (secondary N) is 1. The predicted octanol–water partition coefficient (Wildman–Crippen LogP) is 1.76. The predicted molar refractivity (Wildman–Crippen MR) is 190 cm³/mol. The SMILES string of the molecule is O=C(O)CCC(=O)NCCCOCCOCCOCCOCCOCCOCCOCCOCCOCCOCCOCCOCc1ccccc1. The molecule has 0 heterocycles. The normalized spacial score (nSPS) is 11.3. The number of carbonyl (C=O) groups excluding carboxylic acids is 1. The number of carboxylic acids is 1. The summed E-state index contributed by atoms with van der Waals surface area (Å²) in [6.07, 6.45) is 0.474. The van der Waals surface area contributed by atoms with Gasteiger partial charge in [0.2, 0.25) is 5.91 Å². The molecule has 16 heteroatoms. The van der Waals surface area contributed by atoms with Crippen LogP contribution in [0.15, 0.2) is 30.3 Å². The number of carbonyl (C=O) groups is 2. The van der Waals surface area contributed by atoms with Crippen molar-refractivity contribution in [1.29, 1.82) is 0 Å². The van der Waals surface area contributed by atoms with Gasteiger partial charge in [0.05, 0.1) is 158 Å². The van der Waals surface area contributed by atoms with Crippen LogP contribution < -0.4 is 5.32 Å². The van der Waals surface area contributed by atoms with Crippen molar-refractivity contribution in [3.8, 4) is 0 Å². The third-order valence-corrected chi connectivity index (χ3v) is 6.56. The van der Waals surface area contributed by atoms with Crippen LogP contribution in [0.3, 0.4) is 0 Å². The van der Waals surface area contributed by atoms with Gasteiger partial charge in [-0.3, -0.25) is 9.59 Å². The Hall–Kier alpha value is -2.32. The van der Waals surface area contributed by atoms with Gasteiger partial charge in [-0.15, -0.1) is 0 Å². The van der Waals surface area contributed by atoms with Crippen LogP contribution in [0.25, 0.3) is 0 Å². The Balaban J connectivity index is 1.62. The first-order valence-electron chi connectivity index (χ1n) is 18.1.